The quantitative estimate of drug-likeness (QED) is 0.626. The van der Waals surface area contributed by atoms with E-state index in [0.717, 1.165) is 19.3 Å². The number of carbonyl (C=O) groups excluding carboxylic acids is 2. The lowest BCUT2D eigenvalue weighted by atomic mass is 10.1. The third kappa shape index (κ3) is 6.30. The van der Waals surface area contributed by atoms with E-state index in [1.54, 1.807) is 24.3 Å². The van der Waals surface area contributed by atoms with Crippen LogP contribution in [-0.2, 0) is 4.74 Å². The first kappa shape index (κ1) is 20.8. The second kappa shape index (κ2) is 10.6. The molecule has 0 atom stereocenters. The Morgan fingerprint density at radius 2 is 1.59 bits per heavy atom. The zero-order valence-corrected chi connectivity index (χ0v) is 16.5. The van der Waals surface area contributed by atoms with Crippen molar-refractivity contribution in [1.29, 1.82) is 0 Å². The molecule has 3 rings (SSSR count). The molecular formula is C22H28N4O3. The molecule has 1 saturated heterocycles. The first-order valence-electron chi connectivity index (χ1n) is 10.00. The van der Waals surface area contributed by atoms with Crippen LogP contribution in [0.15, 0.2) is 54.6 Å². The zero-order chi connectivity index (χ0) is 20.5. The van der Waals surface area contributed by atoms with Gasteiger partial charge in [0, 0.05) is 36.6 Å². The van der Waals surface area contributed by atoms with Crippen molar-refractivity contribution >= 4 is 23.3 Å². The predicted molar refractivity (Wildman–Crippen MR) is 114 cm³/mol. The van der Waals surface area contributed by atoms with Crippen molar-refractivity contribution in [2.24, 2.45) is 5.73 Å². The van der Waals surface area contributed by atoms with E-state index in [0.29, 0.717) is 43.2 Å². The Labute approximate surface area is 171 Å². The standard InChI is InChI=1S/C22H28N4O3/c23-13-4-16-29-20-11-14-26(15-12-20)21(27)17-7-9-19(10-8-17)25-22(28)24-18-5-2-1-3-6-18/h1-3,5-10,20H,4,11-16,23H2,(H2,24,25,28). The SMILES string of the molecule is NCCCOC1CCN(C(=O)c2ccc(NC(=O)Nc3ccccc3)cc2)CC1. The van der Waals surface area contributed by atoms with Crippen molar-refractivity contribution in [3.63, 3.8) is 0 Å². The summed E-state index contributed by atoms with van der Waals surface area (Å²) in [5.74, 6) is 0.00527. The Balaban J connectivity index is 1.47. The Kier molecular flexibility index (Phi) is 7.61. The van der Waals surface area contributed by atoms with Gasteiger partial charge in [0.15, 0.2) is 0 Å². The number of nitrogens with zero attached hydrogens (tertiary/aromatic N) is 1. The monoisotopic (exact) mass is 396 g/mol. The van der Waals surface area contributed by atoms with Crippen molar-refractivity contribution in [2.45, 2.75) is 25.4 Å². The first-order chi connectivity index (χ1) is 14.2. The molecule has 7 heteroatoms. The van der Waals surface area contributed by atoms with Crippen molar-refractivity contribution in [3.05, 3.63) is 60.2 Å². The molecule has 0 saturated carbocycles. The summed E-state index contributed by atoms with van der Waals surface area (Å²) in [6.45, 7) is 2.69. The topological polar surface area (TPSA) is 96.7 Å². The third-order valence-electron chi connectivity index (χ3n) is 4.85. The molecular weight excluding hydrogens is 368 g/mol. The summed E-state index contributed by atoms with van der Waals surface area (Å²) in [6, 6.07) is 15.8. The summed E-state index contributed by atoms with van der Waals surface area (Å²) in [6.07, 6.45) is 2.76. The van der Waals surface area contributed by atoms with E-state index in [2.05, 4.69) is 10.6 Å². The van der Waals surface area contributed by atoms with Crippen LogP contribution in [0.4, 0.5) is 16.2 Å². The minimum absolute atomic E-state index is 0.00527. The molecule has 1 aliphatic heterocycles. The number of carbonyl (C=O) groups is 2. The molecule has 0 radical (unpaired) electrons. The largest absolute Gasteiger partial charge is 0.378 e. The van der Waals surface area contributed by atoms with E-state index < -0.39 is 0 Å². The molecule has 2 aromatic rings. The zero-order valence-electron chi connectivity index (χ0n) is 16.5. The highest BCUT2D eigenvalue weighted by Gasteiger charge is 2.24. The average Bonchev–Trinajstić information content (AvgIpc) is 2.75. The van der Waals surface area contributed by atoms with Crippen molar-refractivity contribution in [2.75, 3.05) is 36.9 Å². The molecule has 29 heavy (non-hydrogen) atoms. The lowest BCUT2D eigenvalue weighted by Gasteiger charge is -2.32. The number of piperidine rings is 1. The number of ether oxygens (including phenoxy) is 1. The number of likely N-dealkylation sites (tertiary alicyclic amines) is 1. The van der Waals surface area contributed by atoms with Gasteiger partial charge in [-0.1, -0.05) is 18.2 Å². The van der Waals surface area contributed by atoms with E-state index in [1.807, 2.05) is 35.2 Å². The minimum atomic E-state index is -0.327. The maximum absolute atomic E-state index is 12.7. The fourth-order valence-electron chi connectivity index (χ4n) is 3.25. The predicted octanol–water partition coefficient (Wildman–Crippen LogP) is 3.30. The Morgan fingerprint density at radius 1 is 0.966 bits per heavy atom. The number of anilines is 2. The van der Waals surface area contributed by atoms with Gasteiger partial charge < -0.3 is 26.0 Å². The molecule has 0 aromatic heterocycles. The van der Waals surface area contributed by atoms with Crippen LogP contribution in [0.5, 0.6) is 0 Å². The summed E-state index contributed by atoms with van der Waals surface area (Å²) in [5.41, 5.74) is 7.44. The van der Waals surface area contributed by atoms with Crippen LogP contribution < -0.4 is 16.4 Å². The van der Waals surface area contributed by atoms with Crippen molar-refractivity contribution in [3.8, 4) is 0 Å². The van der Waals surface area contributed by atoms with Crippen LogP contribution in [0.2, 0.25) is 0 Å². The normalized spacial score (nSPS) is 14.4. The molecule has 0 aliphatic carbocycles. The van der Waals surface area contributed by atoms with Gasteiger partial charge in [0.1, 0.15) is 0 Å². The van der Waals surface area contributed by atoms with Gasteiger partial charge >= 0.3 is 6.03 Å². The van der Waals surface area contributed by atoms with E-state index in [-0.39, 0.29) is 18.0 Å². The minimum Gasteiger partial charge on any atom is -0.378 e. The number of hydrogen-bond acceptors (Lipinski definition) is 4. The molecule has 4 N–H and O–H groups in total. The second-order valence-electron chi connectivity index (χ2n) is 7.03. The summed E-state index contributed by atoms with van der Waals surface area (Å²) in [7, 11) is 0. The van der Waals surface area contributed by atoms with E-state index in [1.165, 1.54) is 0 Å². The first-order valence-corrected chi connectivity index (χ1v) is 10.00. The second-order valence-corrected chi connectivity index (χ2v) is 7.03. The van der Waals surface area contributed by atoms with Crippen LogP contribution in [-0.4, -0.2) is 49.2 Å². The fraction of sp³-hybridized carbons (Fsp3) is 0.364. The number of nitrogens with one attached hydrogen (secondary N) is 2. The van der Waals surface area contributed by atoms with Crippen LogP contribution in [0, 0.1) is 0 Å². The molecule has 0 unspecified atom stereocenters. The fourth-order valence-corrected chi connectivity index (χ4v) is 3.25. The van der Waals surface area contributed by atoms with Gasteiger partial charge in [0.2, 0.25) is 0 Å². The smallest absolute Gasteiger partial charge is 0.323 e. The lowest BCUT2D eigenvalue weighted by molar-refractivity contribution is 0.00844. The van der Waals surface area contributed by atoms with Gasteiger partial charge in [0.25, 0.3) is 5.91 Å². The third-order valence-corrected chi connectivity index (χ3v) is 4.85. The highest BCUT2D eigenvalue weighted by atomic mass is 16.5. The molecule has 0 spiro atoms. The van der Waals surface area contributed by atoms with Gasteiger partial charge in [-0.15, -0.1) is 0 Å². The van der Waals surface area contributed by atoms with Crippen LogP contribution in [0.3, 0.4) is 0 Å². The molecule has 1 heterocycles. The van der Waals surface area contributed by atoms with E-state index in [9.17, 15) is 9.59 Å². The van der Waals surface area contributed by atoms with Gasteiger partial charge in [-0.2, -0.15) is 0 Å². The van der Waals surface area contributed by atoms with Crippen LogP contribution in [0.25, 0.3) is 0 Å². The number of rotatable bonds is 7. The maximum atomic E-state index is 12.7. The van der Waals surface area contributed by atoms with Crippen molar-refractivity contribution < 1.29 is 14.3 Å². The summed E-state index contributed by atoms with van der Waals surface area (Å²) in [5, 5.41) is 5.52. The number of amides is 3. The Bertz CT molecular complexity index is 787. The number of para-hydroxylation sites is 1. The molecule has 1 aliphatic rings. The van der Waals surface area contributed by atoms with Gasteiger partial charge in [-0.05, 0) is 62.2 Å². The van der Waals surface area contributed by atoms with E-state index in [4.69, 9.17) is 10.5 Å². The highest BCUT2D eigenvalue weighted by molar-refractivity contribution is 6.00. The highest BCUT2D eigenvalue weighted by Crippen LogP contribution is 2.18. The molecule has 1 fully saturated rings. The Morgan fingerprint density at radius 3 is 2.21 bits per heavy atom. The molecule has 154 valence electrons. The lowest BCUT2D eigenvalue weighted by Crippen LogP contribution is -2.41. The van der Waals surface area contributed by atoms with Gasteiger partial charge in [-0.3, -0.25) is 4.79 Å². The summed E-state index contributed by atoms with van der Waals surface area (Å²) < 4.78 is 5.79. The maximum Gasteiger partial charge on any atom is 0.323 e. The summed E-state index contributed by atoms with van der Waals surface area (Å²) >= 11 is 0. The van der Waals surface area contributed by atoms with E-state index >= 15 is 0 Å². The number of urea groups is 1. The molecule has 2 aromatic carbocycles. The average molecular weight is 396 g/mol. The van der Waals surface area contributed by atoms with Crippen molar-refractivity contribution in [1.82, 2.24) is 4.90 Å². The molecule has 0 bridgehead atoms. The van der Waals surface area contributed by atoms with Gasteiger partial charge in [-0.25, -0.2) is 4.79 Å². The van der Waals surface area contributed by atoms with Crippen LogP contribution in [0.1, 0.15) is 29.6 Å². The number of hydrogen-bond donors (Lipinski definition) is 3. The number of nitrogens with two attached hydrogens (primary N) is 1. The number of benzene rings is 2. The van der Waals surface area contributed by atoms with Crippen LogP contribution >= 0.6 is 0 Å². The summed E-state index contributed by atoms with van der Waals surface area (Å²) in [4.78, 5) is 26.6. The molecule has 7 nitrogen and oxygen atoms in total. The van der Waals surface area contributed by atoms with Gasteiger partial charge in [0.05, 0.1) is 6.10 Å². The Hall–Kier alpha value is -2.90. The molecule has 3 amide bonds.